The fourth-order valence-electron chi connectivity index (χ4n) is 0.455. The van der Waals surface area contributed by atoms with E-state index in [0.29, 0.717) is 0 Å². The predicted octanol–water partition coefficient (Wildman–Crippen LogP) is 0.179. The van der Waals surface area contributed by atoms with E-state index < -0.39 is 17.9 Å². The molecule has 0 amide bonds. The van der Waals surface area contributed by atoms with Crippen LogP contribution in [-0.4, -0.2) is 22.2 Å². The molecular formula is C5H8O4Pt+2. The van der Waals surface area contributed by atoms with E-state index in [1.807, 2.05) is 0 Å². The van der Waals surface area contributed by atoms with Crippen molar-refractivity contribution in [2.75, 3.05) is 0 Å². The van der Waals surface area contributed by atoms with Crippen LogP contribution in [0.4, 0.5) is 0 Å². The Morgan fingerprint density at radius 2 is 1.60 bits per heavy atom. The summed E-state index contributed by atoms with van der Waals surface area (Å²) in [5.41, 5.74) is 0. The van der Waals surface area contributed by atoms with E-state index in [-0.39, 0.29) is 27.5 Å². The van der Waals surface area contributed by atoms with Crippen molar-refractivity contribution in [1.29, 1.82) is 0 Å². The molecule has 0 aliphatic rings. The van der Waals surface area contributed by atoms with Gasteiger partial charge in [0, 0.05) is 0 Å². The summed E-state index contributed by atoms with van der Waals surface area (Å²) in [6.07, 6.45) is 0.130. The van der Waals surface area contributed by atoms with Gasteiger partial charge in [0.15, 0.2) is 5.92 Å². The molecule has 0 saturated carbocycles. The van der Waals surface area contributed by atoms with Crippen molar-refractivity contribution in [2.24, 2.45) is 5.92 Å². The summed E-state index contributed by atoms with van der Waals surface area (Å²) in [6.45, 7) is 1.52. The van der Waals surface area contributed by atoms with Crippen molar-refractivity contribution in [1.82, 2.24) is 0 Å². The van der Waals surface area contributed by atoms with Crippen LogP contribution in [0.1, 0.15) is 13.3 Å². The quantitative estimate of drug-likeness (QED) is 0.725. The maximum atomic E-state index is 9.99. The van der Waals surface area contributed by atoms with Gasteiger partial charge in [-0.15, -0.1) is 0 Å². The number of carbonyl (C=O) groups is 2. The summed E-state index contributed by atoms with van der Waals surface area (Å²) in [5, 5.41) is 16.3. The first-order chi connectivity index (χ1) is 4.09. The minimum atomic E-state index is -1.27. The van der Waals surface area contributed by atoms with Crippen molar-refractivity contribution in [3.63, 3.8) is 0 Å². The summed E-state index contributed by atoms with van der Waals surface area (Å²) in [6, 6.07) is 0. The van der Waals surface area contributed by atoms with Gasteiger partial charge in [-0.05, 0) is 6.42 Å². The van der Waals surface area contributed by atoms with Crippen molar-refractivity contribution >= 4 is 11.9 Å². The molecule has 0 radical (unpaired) electrons. The summed E-state index contributed by atoms with van der Waals surface area (Å²) in [4.78, 5) is 20.0. The summed E-state index contributed by atoms with van der Waals surface area (Å²) >= 11 is 0. The molecule has 0 rings (SSSR count). The topological polar surface area (TPSA) is 74.6 Å². The molecular weight excluding hydrogens is 319 g/mol. The molecule has 0 aromatic rings. The average Bonchev–Trinajstić information content (AvgIpc) is 1.64. The molecule has 5 heteroatoms. The van der Waals surface area contributed by atoms with Crippen molar-refractivity contribution in [2.45, 2.75) is 13.3 Å². The van der Waals surface area contributed by atoms with Gasteiger partial charge < -0.3 is 10.2 Å². The van der Waals surface area contributed by atoms with E-state index in [1.165, 1.54) is 6.92 Å². The van der Waals surface area contributed by atoms with Gasteiger partial charge in [0.25, 0.3) is 0 Å². The molecule has 0 fully saturated rings. The molecule has 4 nitrogen and oxygen atoms in total. The molecule has 0 spiro atoms. The third kappa shape index (κ3) is 3.62. The Bertz CT molecular complexity index is 120. The van der Waals surface area contributed by atoms with Crippen LogP contribution in [0.25, 0.3) is 0 Å². The Labute approximate surface area is 72.5 Å². The zero-order valence-corrected chi connectivity index (χ0v) is 7.58. The maximum Gasteiger partial charge on any atom is 2.00 e. The van der Waals surface area contributed by atoms with Gasteiger partial charge in [0.1, 0.15) is 0 Å². The Balaban J connectivity index is 0. The van der Waals surface area contributed by atoms with Crippen LogP contribution >= 0.6 is 0 Å². The van der Waals surface area contributed by atoms with Gasteiger partial charge in [0.2, 0.25) is 0 Å². The van der Waals surface area contributed by atoms with Crippen molar-refractivity contribution < 1.29 is 40.9 Å². The van der Waals surface area contributed by atoms with Gasteiger partial charge in [-0.3, -0.25) is 9.59 Å². The molecule has 60 valence electrons. The van der Waals surface area contributed by atoms with Crippen molar-refractivity contribution in [3.8, 4) is 0 Å². The van der Waals surface area contributed by atoms with Crippen LogP contribution in [0.5, 0.6) is 0 Å². The molecule has 0 aromatic heterocycles. The molecule has 0 bridgehead atoms. The fourth-order valence-corrected chi connectivity index (χ4v) is 0.455. The zero-order valence-electron chi connectivity index (χ0n) is 5.31. The number of carboxylic acid groups (broad SMARTS) is 2. The van der Waals surface area contributed by atoms with E-state index in [2.05, 4.69) is 0 Å². The molecule has 0 unspecified atom stereocenters. The Kier molecular flexibility index (Phi) is 6.67. The van der Waals surface area contributed by atoms with Crippen LogP contribution in [0.2, 0.25) is 0 Å². The zero-order chi connectivity index (χ0) is 7.44. The second-order valence-electron chi connectivity index (χ2n) is 1.64. The summed E-state index contributed by atoms with van der Waals surface area (Å²) in [7, 11) is 0. The molecule has 0 aliphatic carbocycles. The SMILES string of the molecule is CCC(C(=O)O)C(=O)O.[Pt+2]. The van der Waals surface area contributed by atoms with Gasteiger partial charge in [-0.2, -0.15) is 0 Å². The normalized spacial score (nSPS) is 8.60. The van der Waals surface area contributed by atoms with Gasteiger partial charge in [0.05, 0.1) is 0 Å². The van der Waals surface area contributed by atoms with E-state index >= 15 is 0 Å². The standard InChI is InChI=1S/C5H8O4.Pt/c1-2-3(4(6)7)5(8)9;/h3H,2H2,1H3,(H,6,7)(H,8,9);/q;+2. The second-order valence-corrected chi connectivity index (χ2v) is 1.64. The largest absolute Gasteiger partial charge is 2.00 e. The molecule has 0 heterocycles. The van der Waals surface area contributed by atoms with Crippen LogP contribution in [0.3, 0.4) is 0 Å². The molecule has 0 aliphatic heterocycles. The number of rotatable bonds is 3. The number of aliphatic carboxylic acids is 2. The Morgan fingerprint density at radius 3 is 1.60 bits per heavy atom. The van der Waals surface area contributed by atoms with Crippen LogP contribution < -0.4 is 0 Å². The molecule has 2 N–H and O–H groups in total. The van der Waals surface area contributed by atoms with Gasteiger partial charge in [-0.1, -0.05) is 6.92 Å². The first kappa shape index (κ1) is 12.3. The minimum absolute atomic E-state index is 0. The van der Waals surface area contributed by atoms with E-state index in [9.17, 15) is 9.59 Å². The maximum absolute atomic E-state index is 9.99. The Hall–Kier alpha value is -0.372. The third-order valence-corrected chi connectivity index (χ3v) is 1.00. The number of hydrogen-bond donors (Lipinski definition) is 2. The summed E-state index contributed by atoms with van der Waals surface area (Å²) < 4.78 is 0. The molecule has 0 aromatic carbocycles. The predicted molar refractivity (Wildman–Crippen MR) is 29.1 cm³/mol. The molecule has 10 heavy (non-hydrogen) atoms. The first-order valence-electron chi connectivity index (χ1n) is 2.55. The van der Waals surface area contributed by atoms with Crippen LogP contribution in [0, 0.1) is 5.92 Å². The first-order valence-corrected chi connectivity index (χ1v) is 2.55. The Morgan fingerprint density at radius 1 is 1.30 bits per heavy atom. The minimum Gasteiger partial charge on any atom is -0.481 e. The van der Waals surface area contributed by atoms with E-state index in [1.54, 1.807) is 0 Å². The number of carboxylic acids is 2. The summed E-state index contributed by atoms with van der Waals surface area (Å²) in [5.74, 6) is -3.79. The van der Waals surface area contributed by atoms with E-state index in [4.69, 9.17) is 10.2 Å². The van der Waals surface area contributed by atoms with Gasteiger partial charge >= 0.3 is 33.0 Å². The van der Waals surface area contributed by atoms with Crippen LogP contribution in [0.15, 0.2) is 0 Å². The fraction of sp³-hybridized carbons (Fsp3) is 0.600. The van der Waals surface area contributed by atoms with Crippen LogP contribution in [-0.2, 0) is 30.7 Å². The molecule has 0 saturated heterocycles. The van der Waals surface area contributed by atoms with E-state index in [0.717, 1.165) is 0 Å². The molecule has 0 atom stereocenters. The number of hydrogen-bond acceptors (Lipinski definition) is 2. The smallest absolute Gasteiger partial charge is 0.481 e. The second kappa shape index (κ2) is 5.42. The monoisotopic (exact) mass is 327 g/mol. The van der Waals surface area contributed by atoms with Gasteiger partial charge in [-0.25, -0.2) is 0 Å². The average molecular weight is 327 g/mol. The van der Waals surface area contributed by atoms with Crippen molar-refractivity contribution in [3.05, 3.63) is 0 Å². The third-order valence-electron chi connectivity index (χ3n) is 1.00.